The molecule has 0 amide bonds. The number of hydrogen-bond acceptors (Lipinski definition) is 5. The van der Waals surface area contributed by atoms with Gasteiger partial charge in [0.15, 0.2) is 0 Å². The molecule has 2 heterocycles. The zero-order chi connectivity index (χ0) is 10.7. The van der Waals surface area contributed by atoms with Crippen LogP contribution in [-0.2, 0) is 6.54 Å². The Morgan fingerprint density at radius 2 is 2.60 bits per heavy atom. The maximum atomic E-state index is 5.47. The molecule has 5 heteroatoms. The molecule has 0 spiro atoms. The first-order valence-corrected chi connectivity index (χ1v) is 6.30. The number of oxazole rings is 1. The quantitative estimate of drug-likeness (QED) is 0.844. The van der Waals surface area contributed by atoms with Crippen LogP contribution in [0.3, 0.4) is 0 Å². The van der Waals surface area contributed by atoms with Gasteiger partial charge in [-0.15, -0.1) is 0 Å². The van der Waals surface area contributed by atoms with Crippen LogP contribution in [0.25, 0.3) is 0 Å². The van der Waals surface area contributed by atoms with Crippen molar-refractivity contribution in [3.63, 3.8) is 0 Å². The molecule has 1 aromatic rings. The van der Waals surface area contributed by atoms with E-state index in [0.717, 1.165) is 37.1 Å². The summed E-state index contributed by atoms with van der Waals surface area (Å²) in [5.74, 6) is 1.16. The number of hydrogen-bond donors (Lipinski definition) is 1. The summed E-state index contributed by atoms with van der Waals surface area (Å²) < 4.78 is 5.47. The maximum Gasteiger partial charge on any atom is 0.297 e. The van der Waals surface area contributed by atoms with Gasteiger partial charge in [0.25, 0.3) is 6.01 Å². The van der Waals surface area contributed by atoms with E-state index in [1.54, 1.807) is 6.26 Å². The fourth-order valence-electron chi connectivity index (χ4n) is 1.70. The summed E-state index contributed by atoms with van der Waals surface area (Å²) in [5, 5.41) is 3.73. The lowest BCUT2D eigenvalue weighted by Gasteiger charge is -2.28. The molecular formula is C10H17N3OS. The maximum absolute atomic E-state index is 5.47. The molecule has 1 N–H and O–H groups in total. The molecule has 1 atom stereocenters. The van der Waals surface area contributed by atoms with E-state index in [0.29, 0.717) is 5.25 Å². The number of nitrogens with zero attached hydrogens (tertiary/aromatic N) is 2. The van der Waals surface area contributed by atoms with E-state index < -0.39 is 0 Å². The highest BCUT2D eigenvalue weighted by atomic mass is 32.2. The zero-order valence-electron chi connectivity index (χ0n) is 9.19. The minimum absolute atomic E-state index is 0.665. The van der Waals surface area contributed by atoms with E-state index >= 15 is 0 Å². The Morgan fingerprint density at radius 1 is 1.73 bits per heavy atom. The molecule has 1 fully saturated rings. The summed E-state index contributed by atoms with van der Waals surface area (Å²) in [6.07, 6.45) is 1.73. The third-order valence-electron chi connectivity index (χ3n) is 2.41. The van der Waals surface area contributed by atoms with Gasteiger partial charge in [-0.05, 0) is 7.05 Å². The fourth-order valence-corrected chi connectivity index (χ4v) is 2.71. The molecule has 4 nitrogen and oxygen atoms in total. The Hall–Kier alpha value is -0.680. The van der Waals surface area contributed by atoms with Gasteiger partial charge in [0.2, 0.25) is 0 Å². The Morgan fingerprint density at radius 3 is 3.33 bits per heavy atom. The third kappa shape index (κ3) is 2.66. The topological polar surface area (TPSA) is 41.3 Å². The van der Waals surface area contributed by atoms with Gasteiger partial charge >= 0.3 is 0 Å². The number of thioether (sulfide) groups is 1. The molecule has 0 aliphatic carbocycles. The highest BCUT2D eigenvalue weighted by molar-refractivity contribution is 8.00. The number of nitrogens with one attached hydrogen (secondary N) is 1. The van der Waals surface area contributed by atoms with E-state index in [2.05, 4.69) is 22.1 Å². The van der Waals surface area contributed by atoms with Crippen molar-refractivity contribution < 1.29 is 4.42 Å². The molecule has 2 rings (SSSR count). The van der Waals surface area contributed by atoms with Crippen molar-refractivity contribution in [3.8, 4) is 0 Å². The van der Waals surface area contributed by atoms with Crippen LogP contribution in [-0.4, -0.2) is 36.1 Å². The zero-order valence-corrected chi connectivity index (χ0v) is 10.0. The monoisotopic (exact) mass is 227 g/mol. The Bertz CT molecular complexity index is 315. The Balaban J connectivity index is 2.01. The van der Waals surface area contributed by atoms with Crippen molar-refractivity contribution in [3.05, 3.63) is 12.0 Å². The molecule has 1 unspecified atom stereocenters. The normalized spacial score (nSPS) is 22.0. The number of rotatable bonds is 3. The second-order valence-corrected chi connectivity index (χ2v) is 5.33. The van der Waals surface area contributed by atoms with Crippen molar-refractivity contribution in [2.75, 3.05) is 30.8 Å². The molecule has 0 saturated carbocycles. The summed E-state index contributed by atoms with van der Waals surface area (Å²) in [6.45, 7) is 5.08. The van der Waals surface area contributed by atoms with Gasteiger partial charge in [0.1, 0.15) is 6.26 Å². The first-order chi connectivity index (χ1) is 7.29. The summed E-state index contributed by atoms with van der Waals surface area (Å²) in [7, 11) is 1.91. The Kier molecular flexibility index (Phi) is 3.53. The van der Waals surface area contributed by atoms with Gasteiger partial charge in [-0.3, -0.25) is 0 Å². The highest BCUT2D eigenvalue weighted by Crippen LogP contribution is 2.23. The lowest BCUT2D eigenvalue weighted by molar-refractivity contribution is 0.532. The van der Waals surface area contributed by atoms with Crippen LogP contribution in [0.1, 0.15) is 12.6 Å². The average molecular weight is 227 g/mol. The van der Waals surface area contributed by atoms with Crippen molar-refractivity contribution in [1.82, 2.24) is 10.3 Å². The first-order valence-electron chi connectivity index (χ1n) is 5.25. The van der Waals surface area contributed by atoms with Crippen LogP contribution in [0, 0.1) is 0 Å². The van der Waals surface area contributed by atoms with Crippen LogP contribution >= 0.6 is 11.8 Å². The third-order valence-corrected chi connectivity index (χ3v) is 3.55. The van der Waals surface area contributed by atoms with E-state index in [4.69, 9.17) is 4.42 Å². The summed E-state index contributed by atoms with van der Waals surface area (Å²) in [6, 6.07) is 0.771. The second kappa shape index (κ2) is 4.90. The van der Waals surface area contributed by atoms with Gasteiger partial charge in [-0.1, -0.05) is 6.92 Å². The van der Waals surface area contributed by atoms with Crippen molar-refractivity contribution >= 4 is 17.8 Å². The van der Waals surface area contributed by atoms with Gasteiger partial charge in [0.05, 0.1) is 5.69 Å². The number of aromatic nitrogens is 1. The molecule has 1 aliphatic rings. The standard InChI is InChI=1S/C10H17N3OS/c1-8-6-13(3-4-15-8)10-12-9(5-11-2)7-14-10/h7-8,11H,3-6H2,1-2H3. The predicted molar refractivity (Wildman–Crippen MR) is 63.4 cm³/mol. The van der Waals surface area contributed by atoms with Gasteiger partial charge < -0.3 is 14.6 Å². The molecule has 1 saturated heterocycles. The van der Waals surface area contributed by atoms with Gasteiger partial charge in [-0.25, -0.2) is 0 Å². The predicted octanol–water partition coefficient (Wildman–Crippen LogP) is 1.34. The molecule has 0 radical (unpaired) electrons. The molecule has 84 valence electrons. The molecule has 1 aliphatic heterocycles. The molecule has 0 bridgehead atoms. The first kappa shape index (κ1) is 10.8. The molecule has 1 aromatic heterocycles. The second-order valence-electron chi connectivity index (χ2n) is 3.78. The lowest BCUT2D eigenvalue weighted by Crippen LogP contribution is -2.36. The molecule has 0 aromatic carbocycles. The van der Waals surface area contributed by atoms with Gasteiger partial charge in [-0.2, -0.15) is 16.7 Å². The van der Waals surface area contributed by atoms with Crippen molar-refractivity contribution in [2.24, 2.45) is 0 Å². The molecular weight excluding hydrogens is 210 g/mol. The molecule has 15 heavy (non-hydrogen) atoms. The van der Waals surface area contributed by atoms with Crippen LogP contribution in [0.15, 0.2) is 10.7 Å². The minimum Gasteiger partial charge on any atom is -0.432 e. The smallest absolute Gasteiger partial charge is 0.297 e. The van der Waals surface area contributed by atoms with Gasteiger partial charge in [0, 0.05) is 30.6 Å². The largest absolute Gasteiger partial charge is 0.432 e. The van der Waals surface area contributed by atoms with E-state index in [9.17, 15) is 0 Å². The summed E-state index contributed by atoms with van der Waals surface area (Å²) >= 11 is 2.01. The van der Waals surface area contributed by atoms with E-state index in [1.807, 2.05) is 18.8 Å². The minimum atomic E-state index is 0.665. The van der Waals surface area contributed by atoms with Crippen LogP contribution in [0.5, 0.6) is 0 Å². The average Bonchev–Trinajstić information content (AvgIpc) is 2.67. The number of anilines is 1. The Labute approximate surface area is 94.4 Å². The van der Waals surface area contributed by atoms with E-state index in [1.165, 1.54) is 0 Å². The van der Waals surface area contributed by atoms with Crippen LogP contribution in [0.4, 0.5) is 6.01 Å². The SMILES string of the molecule is CNCc1coc(N2CCSC(C)C2)n1. The van der Waals surface area contributed by atoms with E-state index in [-0.39, 0.29) is 0 Å². The fraction of sp³-hybridized carbons (Fsp3) is 0.700. The van der Waals surface area contributed by atoms with Crippen LogP contribution < -0.4 is 10.2 Å². The van der Waals surface area contributed by atoms with Crippen molar-refractivity contribution in [1.29, 1.82) is 0 Å². The highest BCUT2D eigenvalue weighted by Gasteiger charge is 2.20. The summed E-state index contributed by atoms with van der Waals surface area (Å²) in [4.78, 5) is 6.67. The summed E-state index contributed by atoms with van der Waals surface area (Å²) in [5.41, 5.74) is 0.971. The van der Waals surface area contributed by atoms with Crippen LogP contribution in [0.2, 0.25) is 0 Å². The lowest BCUT2D eigenvalue weighted by atomic mass is 10.4. The van der Waals surface area contributed by atoms with Crippen molar-refractivity contribution in [2.45, 2.75) is 18.7 Å².